The largest absolute Gasteiger partial charge is 0.481 e. The SMILES string of the molecule is COc1nc(-c2cccc(-c3cccc(Nc4ncnc5c4c(=O)n(C)c(=O)n5C)c3C)c2Cl)cc2c1[C@@H](N[C@@H]1CCOC[C@H]1O)CC2. The zero-order chi connectivity index (χ0) is 33.7. The smallest absolute Gasteiger partial charge is 0.332 e. The third-order valence-corrected chi connectivity index (χ3v) is 9.89. The minimum Gasteiger partial charge on any atom is -0.481 e. The number of hydrogen-bond acceptors (Lipinski definition) is 10. The number of halogens is 1. The number of fused-ring (bicyclic) bond motifs is 2. The number of anilines is 2. The van der Waals surface area contributed by atoms with E-state index in [1.54, 1.807) is 14.2 Å². The van der Waals surface area contributed by atoms with E-state index in [0.29, 0.717) is 35.6 Å². The Labute approximate surface area is 281 Å². The van der Waals surface area contributed by atoms with Crippen molar-refractivity contribution < 1.29 is 14.6 Å². The van der Waals surface area contributed by atoms with Crippen molar-refractivity contribution >= 4 is 34.1 Å². The van der Waals surface area contributed by atoms with Gasteiger partial charge >= 0.3 is 5.69 Å². The van der Waals surface area contributed by atoms with Gasteiger partial charge in [-0.2, -0.15) is 0 Å². The quantitative estimate of drug-likeness (QED) is 0.231. The second kappa shape index (κ2) is 12.8. The van der Waals surface area contributed by atoms with Crippen LogP contribution in [0.5, 0.6) is 5.88 Å². The average Bonchev–Trinajstić information content (AvgIpc) is 3.50. The molecule has 5 aromatic rings. The van der Waals surface area contributed by atoms with Gasteiger partial charge in [0, 0.05) is 55.2 Å². The first kappa shape index (κ1) is 32.0. The highest BCUT2D eigenvalue weighted by atomic mass is 35.5. The monoisotopic (exact) mass is 669 g/mol. The number of aliphatic hydroxyl groups excluding tert-OH is 1. The molecule has 1 saturated heterocycles. The lowest BCUT2D eigenvalue weighted by molar-refractivity contribution is -0.0304. The van der Waals surface area contributed by atoms with Crippen molar-refractivity contribution in [1.29, 1.82) is 0 Å². The van der Waals surface area contributed by atoms with E-state index >= 15 is 0 Å². The van der Waals surface area contributed by atoms with Crippen LogP contribution in [-0.4, -0.2) is 61.7 Å². The second-order valence-electron chi connectivity index (χ2n) is 12.3. The predicted molar refractivity (Wildman–Crippen MR) is 184 cm³/mol. The lowest BCUT2D eigenvalue weighted by Crippen LogP contribution is -2.47. The lowest BCUT2D eigenvalue weighted by Gasteiger charge is -2.31. The van der Waals surface area contributed by atoms with E-state index < -0.39 is 17.4 Å². The molecule has 12 nitrogen and oxygen atoms in total. The summed E-state index contributed by atoms with van der Waals surface area (Å²) in [5.74, 6) is 0.841. The van der Waals surface area contributed by atoms with E-state index in [2.05, 4.69) is 26.7 Å². The fourth-order valence-corrected chi connectivity index (χ4v) is 7.19. The number of nitrogens with zero attached hydrogens (tertiary/aromatic N) is 5. The van der Waals surface area contributed by atoms with Crippen LogP contribution in [0.4, 0.5) is 11.5 Å². The Bertz CT molecular complexity index is 2180. The van der Waals surface area contributed by atoms with Gasteiger partial charge < -0.3 is 25.2 Å². The maximum absolute atomic E-state index is 13.1. The van der Waals surface area contributed by atoms with Gasteiger partial charge in [-0.3, -0.25) is 13.9 Å². The highest BCUT2D eigenvalue weighted by molar-refractivity contribution is 6.36. The van der Waals surface area contributed by atoms with Crippen LogP contribution < -0.4 is 26.6 Å². The first-order valence-corrected chi connectivity index (χ1v) is 16.2. The second-order valence-corrected chi connectivity index (χ2v) is 12.7. The Morgan fingerprint density at radius 2 is 1.81 bits per heavy atom. The number of aromatic nitrogens is 5. The molecular formula is C35H36ClN7O5. The normalized spacial score (nSPS) is 19.0. The molecular weight excluding hydrogens is 634 g/mol. The molecule has 2 aliphatic rings. The molecule has 0 spiro atoms. The molecule has 0 radical (unpaired) electrons. The molecule has 13 heteroatoms. The van der Waals surface area contributed by atoms with Gasteiger partial charge in [-0.25, -0.2) is 19.7 Å². The minimum absolute atomic E-state index is 0.0195. The van der Waals surface area contributed by atoms with Crippen molar-refractivity contribution in [2.75, 3.05) is 25.6 Å². The molecule has 1 aliphatic heterocycles. The summed E-state index contributed by atoms with van der Waals surface area (Å²) in [5, 5.41) is 18.1. The van der Waals surface area contributed by atoms with Crippen molar-refractivity contribution in [2.24, 2.45) is 14.1 Å². The van der Waals surface area contributed by atoms with E-state index in [0.717, 1.165) is 62.9 Å². The number of rotatable bonds is 7. The van der Waals surface area contributed by atoms with Crippen molar-refractivity contribution in [2.45, 2.75) is 44.4 Å². The Hall–Kier alpha value is -4.62. The topological polar surface area (TPSA) is 145 Å². The minimum atomic E-state index is -0.553. The van der Waals surface area contributed by atoms with E-state index in [9.17, 15) is 14.7 Å². The van der Waals surface area contributed by atoms with Crippen molar-refractivity contribution in [1.82, 2.24) is 29.4 Å². The van der Waals surface area contributed by atoms with Crippen LogP contribution >= 0.6 is 11.6 Å². The standard InChI is InChI=1S/C35H36ClN7O5/c1-18-20(7-6-10-23(18)40-31-29-32(38-17-37-31)42(2)35(46)43(3)34(29)45)21-8-5-9-22(30(21)36)26-15-19-11-12-25(28(19)33(41-26)47-4)39-24-13-14-48-16-27(24)44/h5-10,15,17,24-25,27,39,44H,11-14,16H2,1-4H3,(H,37,38,40)/t24-,25+,27-/m1/s1. The zero-order valence-corrected chi connectivity index (χ0v) is 27.8. The number of nitrogens with one attached hydrogen (secondary N) is 2. The van der Waals surface area contributed by atoms with Crippen LogP contribution in [-0.2, 0) is 25.3 Å². The first-order chi connectivity index (χ1) is 23.2. The number of methoxy groups -OCH3 is 1. The summed E-state index contributed by atoms with van der Waals surface area (Å²) in [6, 6.07) is 13.7. The van der Waals surface area contributed by atoms with Gasteiger partial charge in [0.2, 0.25) is 5.88 Å². The van der Waals surface area contributed by atoms with Crippen LogP contribution in [0.2, 0.25) is 5.02 Å². The Balaban J connectivity index is 1.24. The fourth-order valence-electron chi connectivity index (χ4n) is 6.86. The molecule has 0 amide bonds. The van der Waals surface area contributed by atoms with Gasteiger partial charge in [-0.05, 0) is 55.0 Å². The van der Waals surface area contributed by atoms with Crippen LogP contribution in [0.1, 0.15) is 35.6 Å². The lowest BCUT2D eigenvalue weighted by atomic mass is 9.96. The van der Waals surface area contributed by atoms with Crippen LogP contribution in [0.3, 0.4) is 0 Å². The molecule has 3 N–H and O–H groups in total. The number of aryl methyl sites for hydroxylation is 2. The summed E-state index contributed by atoms with van der Waals surface area (Å²) in [6.07, 6.45) is 3.24. The number of aliphatic hydroxyl groups is 1. The number of pyridine rings is 1. The molecule has 248 valence electrons. The van der Waals surface area contributed by atoms with Gasteiger partial charge in [0.15, 0.2) is 5.65 Å². The van der Waals surface area contributed by atoms with Crippen molar-refractivity contribution in [3.8, 4) is 28.3 Å². The van der Waals surface area contributed by atoms with E-state index in [1.165, 1.54) is 17.9 Å². The molecule has 1 fully saturated rings. The maximum Gasteiger partial charge on any atom is 0.332 e. The van der Waals surface area contributed by atoms with E-state index in [1.807, 2.05) is 43.3 Å². The van der Waals surface area contributed by atoms with Gasteiger partial charge in [0.05, 0.1) is 30.5 Å². The molecule has 7 rings (SSSR count). The maximum atomic E-state index is 13.1. The van der Waals surface area contributed by atoms with Gasteiger partial charge in [-0.15, -0.1) is 0 Å². The summed E-state index contributed by atoms with van der Waals surface area (Å²) in [6.45, 7) is 2.92. The summed E-state index contributed by atoms with van der Waals surface area (Å²) in [7, 11) is 4.63. The highest BCUT2D eigenvalue weighted by Crippen LogP contribution is 2.43. The van der Waals surface area contributed by atoms with E-state index in [-0.39, 0.29) is 23.1 Å². The van der Waals surface area contributed by atoms with Crippen LogP contribution in [0.25, 0.3) is 33.4 Å². The number of benzene rings is 2. The number of hydrogen-bond donors (Lipinski definition) is 3. The molecule has 4 heterocycles. The summed E-state index contributed by atoms with van der Waals surface area (Å²) < 4.78 is 13.6. The molecule has 2 aromatic carbocycles. The van der Waals surface area contributed by atoms with E-state index in [4.69, 9.17) is 26.1 Å². The molecule has 48 heavy (non-hydrogen) atoms. The molecule has 1 aliphatic carbocycles. The Kier molecular flexibility index (Phi) is 8.50. The summed E-state index contributed by atoms with van der Waals surface area (Å²) >= 11 is 7.18. The zero-order valence-electron chi connectivity index (χ0n) is 27.1. The molecule has 0 unspecified atom stereocenters. The third-order valence-electron chi connectivity index (χ3n) is 9.48. The molecule has 0 saturated carbocycles. The fraction of sp³-hybridized carbons (Fsp3) is 0.343. The Morgan fingerprint density at radius 3 is 2.60 bits per heavy atom. The predicted octanol–water partition coefficient (Wildman–Crippen LogP) is 4.20. The van der Waals surface area contributed by atoms with Crippen LogP contribution in [0.15, 0.2) is 58.4 Å². The van der Waals surface area contributed by atoms with Gasteiger partial charge in [-0.1, -0.05) is 41.9 Å². The van der Waals surface area contributed by atoms with Crippen molar-refractivity contribution in [3.63, 3.8) is 0 Å². The van der Waals surface area contributed by atoms with Gasteiger partial charge in [0.1, 0.15) is 17.5 Å². The van der Waals surface area contributed by atoms with Gasteiger partial charge in [0.25, 0.3) is 5.56 Å². The highest BCUT2D eigenvalue weighted by Gasteiger charge is 2.33. The summed E-state index contributed by atoms with van der Waals surface area (Å²) in [4.78, 5) is 39.1. The third kappa shape index (κ3) is 5.44. The summed E-state index contributed by atoms with van der Waals surface area (Å²) in [5.41, 5.74) is 6.24. The molecule has 3 atom stereocenters. The first-order valence-electron chi connectivity index (χ1n) is 15.8. The molecule has 3 aromatic heterocycles. The van der Waals surface area contributed by atoms with Crippen LogP contribution in [0, 0.1) is 6.92 Å². The average molecular weight is 670 g/mol. The Morgan fingerprint density at radius 1 is 1.04 bits per heavy atom. The number of ether oxygens (including phenoxy) is 2. The van der Waals surface area contributed by atoms with Crippen molar-refractivity contribution in [3.05, 3.63) is 91.3 Å². The molecule has 0 bridgehead atoms.